The minimum Gasteiger partial charge on any atom is -0.471 e. The van der Waals surface area contributed by atoms with Crippen LogP contribution >= 0.6 is 0 Å². The molecular formula is C34H37N5O6. The van der Waals surface area contributed by atoms with Gasteiger partial charge in [0.25, 0.3) is 0 Å². The number of ether oxygens (including phenoxy) is 6. The van der Waals surface area contributed by atoms with Crippen LogP contribution in [0.4, 0.5) is 5.95 Å². The van der Waals surface area contributed by atoms with Gasteiger partial charge in [-0.15, -0.1) is 0 Å². The molecule has 5 aromatic rings. The lowest BCUT2D eigenvalue weighted by Crippen LogP contribution is -2.39. The van der Waals surface area contributed by atoms with E-state index in [0.29, 0.717) is 44.2 Å². The van der Waals surface area contributed by atoms with Gasteiger partial charge in [0.2, 0.25) is 11.8 Å². The van der Waals surface area contributed by atoms with Crippen molar-refractivity contribution >= 4 is 17.1 Å². The molecule has 0 aliphatic carbocycles. The predicted molar refractivity (Wildman–Crippen MR) is 167 cm³/mol. The number of anilines is 1. The van der Waals surface area contributed by atoms with E-state index in [0.717, 1.165) is 16.7 Å². The molecule has 0 saturated carbocycles. The first kappa shape index (κ1) is 30.6. The van der Waals surface area contributed by atoms with Crippen LogP contribution in [0.25, 0.3) is 11.2 Å². The highest BCUT2D eigenvalue weighted by molar-refractivity contribution is 5.77. The number of aromatic nitrogens is 4. The van der Waals surface area contributed by atoms with E-state index in [1.54, 1.807) is 18.0 Å². The molecule has 0 unspecified atom stereocenters. The number of nitrogens with two attached hydrogens (primary N) is 1. The molecule has 3 heterocycles. The fourth-order valence-corrected chi connectivity index (χ4v) is 5.27. The Morgan fingerprint density at radius 1 is 0.756 bits per heavy atom. The number of methoxy groups -OCH3 is 1. The maximum absolute atomic E-state index is 6.67. The molecule has 3 aromatic carbocycles. The lowest BCUT2D eigenvalue weighted by Gasteiger charge is -2.25. The Bertz CT molecular complexity index is 1620. The van der Waals surface area contributed by atoms with Crippen LogP contribution in [0.2, 0.25) is 0 Å². The summed E-state index contributed by atoms with van der Waals surface area (Å²) in [6.07, 6.45) is -0.494. The van der Waals surface area contributed by atoms with Gasteiger partial charge in [-0.1, -0.05) is 91.0 Å². The van der Waals surface area contributed by atoms with Gasteiger partial charge in [-0.3, -0.25) is 4.57 Å². The Morgan fingerprint density at radius 3 is 2.07 bits per heavy atom. The number of nitrogens with zero attached hydrogens (tertiary/aromatic N) is 4. The summed E-state index contributed by atoms with van der Waals surface area (Å²) in [7, 11) is 1.63. The van der Waals surface area contributed by atoms with Crippen molar-refractivity contribution < 1.29 is 28.4 Å². The lowest BCUT2D eigenvalue weighted by molar-refractivity contribution is -0.0929. The molecule has 0 radical (unpaired) electrons. The van der Waals surface area contributed by atoms with Crippen LogP contribution in [0.3, 0.4) is 0 Å². The molecule has 4 atom stereocenters. The van der Waals surface area contributed by atoms with Crippen molar-refractivity contribution in [3.8, 4) is 5.88 Å². The zero-order valence-electron chi connectivity index (χ0n) is 25.1. The minimum absolute atomic E-state index is 0.0572. The summed E-state index contributed by atoms with van der Waals surface area (Å²) in [6.45, 7) is 2.13. The molecule has 1 aliphatic heterocycles. The first-order valence-corrected chi connectivity index (χ1v) is 14.9. The second kappa shape index (κ2) is 15.1. The number of nitrogen functional groups attached to an aromatic ring is 1. The van der Waals surface area contributed by atoms with Gasteiger partial charge in [-0.05, 0) is 16.7 Å². The highest BCUT2D eigenvalue weighted by Gasteiger charge is 2.48. The van der Waals surface area contributed by atoms with Gasteiger partial charge >= 0.3 is 0 Å². The summed E-state index contributed by atoms with van der Waals surface area (Å²) in [5.74, 6) is 0.344. The maximum atomic E-state index is 6.67. The fourth-order valence-electron chi connectivity index (χ4n) is 5.27. The molecule has 234 valence electrons. The molecule has 6 rings (SSSR count). The first-order valence-electron chi connectivity index (χ1n) is 14.9. The monoisotopic (exact) mass is 611 g/mol. The Balaban J connectivity index is 1.28. The second-order valence-corrected chi connectivity index (χ2v) is 10.6. The molecule has 1 saturated heterocycles. The zero-order chi connectivity index (χ0) is 30.8. The molecule has 0 amide bonds. The van der Waals surface area contributed by atoms with Crippen LogP contribution in [0.15, 0.2) is 97.3 Å². The molecule has 45 heavy (non-hydrogen) atoms. The lowest BCUT2D eigenvalue weighted by atomic mass is 10.1. The van der Waals surface area contributed by atoms with E-state index >= 15 is 0 Å². The van der Waals surface area contributed by atoms with E-state index < -0.39 is 24.5 Å². The summed E-state index contributed by atoms with van der Waals surface area (Å²) in [5, 5.41) is 0. The van der Waals surface area contributed by atoms with Crippen molar-refractivity contribution in [2.75, 3.05) is 32.7 Å². The van der Waals surface area contributed by atoms with Gasteiger partial charge in [0.1, 0.15) is 24.9 Å². The molecule has 0 bridgehead atoms. The number of imidazole rings is 1. The van der Waals surface area contributed by atoms with E-state index in [2.05, 4.69) is 15.0 Å². The Labute approximate surface area is 261 Å². The van der Waals surface area contributed by atoms with Crippen molar-refractivity contribution in [3.63, 3.8) is 0 Å². The minimum atomic E-state index is -0.658. The number of fused-ring (bicyclic) bond motifs is 1. The molecule has 0 spiro atoms. The smallest absolute Gasteiger partial charge is 0.247 e. The van der Waals surface area contributed by atoms with Crippen LogP contribution in [-0.4, -0.2) is 64.8 Å². The third-order valence-corrected chi connectivity index (χ3v) is 7.46. The van der Waals surface area contributed by atoms with Gasteiger partial charge in [0.15, 0.2) is 17.4 Å². The summed E-state index contributed by atoms with van der Waals surface area (Å²) in [6, 6.07) is 29.8. The van der Waals surface area contributed by atoms with Crippen LogP contribution in [-0.2, 0) is 43.5 Å². The van der Waals surface area contributed by atoms with Crippen LogP contribution < -0.4 is 10.5 Å². The Kier molecular flexibility index (Phi) is 10.3. The van der Waals surface area contributed by atoms with Crippen LogP contribution in [0.1, 0.15) is 22.9 Å². The summed E-state index contributed by atoms with van der Waals surface area (Å²) < 4.78 is 38.9. The molecule has 11 heteroatoms. The molecule has 2 aromatic heterocycles. The molecule has 11 nitrogen and oxygen atoms in total. The van der Waals surface area contributed by atoms with E-state index in [-0.39, 0.29) is 18.4 Å². The summed E-state index contributed by atoms with van der Waals surface area (Å²) in [4.78, 5) is 13.5. The summed E-state index contributed by atoms with van der Waals surface area (Å²) >= 11 is 0. The van der Waals surface area contributed by atoms with E-state index in [9.17, 15) is 0 Å². The van der Waals surface area contributed by atoms with Gasteiger partial charge in [-0.2, -0.15) is 9.97 Å². The molecule has 2 N–H and O–H groups in total. The molecule has 1 fully saturated rings. The van der Waals surface area contributed by atoms with Crippen LogP contribution in [0, 0.1) is 0 Å². The van der Waals surface area contributed by atoms with Crippen molar-refractivity contribution in [1.29, 1.82) is 0 Å². The van der Waals surface area contributed by atoms with Crippen molar-refractivity contribution in [2.45, 2.75) is 44.4 Å². The van der Waals surface area contributed by atoms with Gasteiger partial charge < -0.3 is 34.2 Å². The van der Waals surface area contributed by atoms with Crippen molar-refractivity contribution in [1.82, 2.24) is 19.5 Å². The topological polar surface area (TPSA) is 125 Å². The number of hydrogen-bond acceptors (Lipinski definition) is 10. The number of hydrogen-bond donors (Lipinski definition) is 1. The maximum Gasteiger partial charge on any atom is 0.247 e. The normalized spacial score (nSPS) is 19.7. The quantitative estimate of drug-likeness (QED) is 0.166. The van der Waals surface area contributed by atoms with E-state index in [4.69, 9.17) is 34.2 Å². The Morgan fingerprint density at radius 2 is 1.40 bits per heavy atom. The third kappa shape index (κ3) is 7.64. The number of rotatable bonds is 15. The predicted octanol–water partition coefficient (Wildman–Crippen LogP) is 4.72. The standard InChI is InChI=1S/C34H37N5O6/c1-40-17-18-42-30-29(43-20-25-13-7-3-8-14-25)27(22-41-19-24-11-5-2-6-12-24)45-33(30)39-23-36-28-31(39)37-34(35)38-32(28)44-21-26-15-9-4-10-16-26/h2-16,23,27,29-30,33H,17-22H2,1H3,(H2,35,37,38)/t27-,29-,30-,33-/m1/s1. The Hall–Kier alpha value is -4.39. The summed E-state index contributed by atoms with van der Waals surface area (Å²) in [5.41, 5.74) is 10.2. The van der Waals surface area contributed by atoms with Crippen molar-refractivity contribution in [2.24, 2.45) is 0 Å². The molecule has 1 aliphatic rings. The highest BCUT2D eigenvalue weighted by Crippen LogP contribution is 2.37. The third-order valence-electron chi connectivity index (χ3n) is 7.46. The second-order valence-electron chi connectivity index (χ2n) is 10.6. The SMILES string of the molecule is COCCO[C@@H]1[C@H](OCc2ccccc2)[C@@H](COCc2ccccc2)O[C@H]1n1cnc2c(OCc3ccccc3)nc(N)nc21. The van der Waals surface area contributed by atoms with E-state index in [1.807, 2.05) is 91.0 Å². The largest absolute Gasteiger partial charge is 0.471 e. The highest BCUT2D eigenvalue weighted by atomic mass is 16.6. The van der Waals surface area contributed by atoms with Gasteiger partial charge in [0.05, 0.1) is 39.4 Å². The van der Waals surface area contributed by atoms with Gasteiger partial charge in [0, 0.05) is 7.11 Å². The van der Waals surface area contributed by atoms with Gasteiger partial charge in [-0.25, -0.2) is 4.98 Å². The number of benzene rings is 3. The first-order chi connectivity index (χ1) is 22.2. The van der Waals surface area contributed by atoms with E-state index in [1.165, 1.54) is 0 Å². The zero-order valence-corrected chi connectivity index (χ0v) is 25.1. The average molecular weight is 612 g/mol. The molecular weight excluding hydrogens is 574 g/mol. The van der Waals surface area contributed by atoms with Crippen LogP contribution in [0.5, 0.6) is 5.88 Å². The fraction of sp³-hybridized carbons (Fsp3) is 0.324. The average Bonchev–Trinajstić information content (AvgIpc) is 3.65. The van der Waals surface area contributed by atoms with Crippen molar-refractivity contribution in [3.05, 3.63) is 114 Å².